The highest BCUT2D eigenvalue weighted by Crippen LogP contribution is 2.45. The van der Waals surface area contributed by atoms with Crippen LogP contribution in [0.1, 0.15) is 32.0 Å². The summed E-state index contributed by atoms with van der Waals surface area (Å²) in [5.41, 5.74) is 1.82. The summed E-state index contributed by atoms with van der Waals surface area (Å²) in [4.78, 5) is 37.9. The van der Waals surface area contributed by atoms with Crippen molar-refractivity contribution in [2.24, 2.45) is 0 Å². The Labute approximate surface area is 220 Å². The maximum Gasteiger partial charge on any atom is 0.296 e. The molecule has 4 aromatic rings. The maximum absolute atomic E-state index is 13.7. The Kier molecular flexibility index (Phi) is 6.38. The number of nitrogens with zero attached hydrogens (tertiary/aromatic N) is 3. The van der Waals surface area contributed by atoms with Crippen molar-refractivity contribution >= 4 is 61.3 Å². The monoisotopic (exact) mass is 537 g/mol. The van der Waals surface area contributed by atoms with Crippen LogP contribution in [-0.2, 0) is 4.79 Å². The molecule has 1 amide bonds. The Bertz CT molecular complexity index is 1560. The summed E-state index contributed by atoms with van der Waals surface area (Å²) in [6.45, 7) is 7.53. The molecule has 0 aliphatic carbocycles. The van der Waals surface area contributed by atoms with Crippen LogP contribution < -0.4 is 9.64 Å². The fourth-order valence-electron chi connectivity index (χ4n) is 4.11. The third-order valence-electron chi connectivity index (χ3n) is 5.67. The third-order valence-corrected chi connectivity index (χ3v) is 8.00. The molecular formula is C26H20ClN3O4S2. The van der Waals surface area contributed by atoms with E-state index in [2.05, 4.69) is 16.5 Å². The van der Waals surface area contributed by atoms with Gasteiger partial charge in [0.25, 0.3) is 5.91 Å². The number of rotatable bonds is 7. The minimum Gasteiger partial charge on any atom is -0.503 e. The van der Waals surface area contributed by atoms with Crippen LogP contribution in [0.25, 0.3) is 10.2 Å². The van der Waals surface area contributed by atoms with Gasteiger partial charge in [0.15, 0.2) is 10.9 Å². The Morgan fingerprint density at radius 3 is 2.61 bits per heavy atom. The lowest BCUT2D eigenvalue weighted by Gasteiger charge is -2.24. The van der Waals surface area contributed by atoms with Gasteiger partial charge in [-0.3, -0.25) is 14.5 Å². The number of Topliss-reactive ketones (excluding diaryl/α,β-unsaturated/α-hetero) is 1. The molecule has 2 aromatic heterocycles. The molecule has 3 heterocycles. The number of carbonyl (C=O) groups excluding carboxylic acids is 2. The molecule has 0 saturated carbocycles. The number of amides is 1. The molecule has 1 N–H and O–H groups in total. The number of thiazole rings is 2. The largest absolute Gasteiger partial charge is 0.503 e. The molecule has 0 spiro atoms. The van der Waals surface area contributed by atoms with E-state index in [1.807, 2.05) is 0 Å². The van der Waals surface area contributed by atoms with Gasteiger partial charge in [-0.05, 0) is 49.7 Å². The summed E-state index contributed by atoms with van der Waals surface area (Å²) in [6, 6.07) is 11.4. The second-order valence-electron chi connectivity index (χ2n) is 8.09. The van der Waals surface area contributed by atoms with Crippen molar-refractivity contribution in [2.45, 2.75) is 19.9 Å². The van der Waals surface area contributed by atoms with E-state index in [1.165, 1.54) is 27.6 Å². The molecule has 2 aromatic carbocycles. The fraction of sp³-hybridized carbons (Fsp3) is 0.154. The highest BCUT2D eigenvalue weighted by Gasteiger charge is 2.46. The first-order valence-corrected chi connectivity index (χ1v) is 12.9. The highest BCUT2D eigenvalue weighted by atomic mass is 35.5. The SMILES string of the molecule is C=CCOc1ccc(C2C(C(=O)c3sc(C)nc3C)=C(O)C(=O)N2c2nc3ccc(Cl)cc3s2)cc1. The number of aryl methyl sites for hydroxylation is 2. The number of aliphatic hydroxyl groups is 1. The molecule has 5 rings (SSSR count). The molecule has 1 unspecified atom stereocenters. The summed E-state index contributed by atoms with van der Waals surface area (Å²) >= 11 is 8.64. The molecule has 1 aliphatic heterocycles. The lowest BCUT2D eigenvalue weighted by Crippen LogP contribution is -2.31. The molecule has 182 valence electrons. The van der Waals surface area contributed by atoms with E-state index in [4.69, 9.17) is 16.3 Å². The van der Waals surface area contributed by atoms with Crippen LogP contribution in [0, 0.1) is 13.8 Å². The van der Waals surface area contributed by atoms with Crippen molar-refractivity contribution in [3.8, 4) is 5.75 Å². The van der Waals surface area contributed by atoms with E-state index in [-0.39, 0.29) is 5.57 Å². The lowest BCUT2D eigenvalue weighted by molar-refractivity contribution is -0.117. The number of aromatic nitrogens is 2. The molecule has 1 aliphatic rings. The molecule has 7 nitrogen and oxygen atoms in total. The minimum atomic E-state index is -0.892. The van der Waals surface area contributed by atoms with Gasteiger partial charge in [-0.15, -0.1) is 11.3 Å². The molecule has 1 atom stereocenters. The molecule has 0 bridgehead atoms. The molecule has 0 radical (unpaired) electrons. The average Bonchev–Trinajstić information content (AvgIpc) is 3.50. The standard InChI is InChI=1S/C26H20ClN3O4S2/c1-4-11-34-17-8-5-15(6-9-17)21-20(22(31)24-13(2)28-14(3)35-24)23(32)25(33)30(21)26-29-18-10-7-16(27)12-19(18)36-26/h4-10,12,21,32H,1,11H2,2-3H3. The lowest BCUT2D eigenvalue weighted by atomic mass is 9.95. The van der Waals surface area contributed by atoms with Gasteiger partial charge in [0.2, 0.25) is 5.78 Å². The van der Waals surface area contributed by atoms with E-state index in [9.17, 15) is 14.7 Å². The number of ketones is 1. The number of anilines is 1. The van der Waals surface area contributed by atoms with E-state index in [1.54, 1.807) is 62.4 Å². The summed E-state index contributed by atoms with van der Waals surface area (Å²) in [6.07, 6.45) is 1.64. The van der Waals surface area contributed by atoms with Gasteiger partial charge in [-0.1, -0.05) is 47.7 Å². The summed E-state index contributed by atoms with van der Waals surface area (Å²) in [5, 5.41) is 12.6. The quantitative estimate of drug-likeness (QED) is 0.217. The van der Waals surface area contributed by atoms with Crippen LogP contribution >= 0.6 is 34.3 Å². The van der Waals surface area contributed by atoms with Crippen molar-refractivity contribution in [1.29, 1.82) is 0 Å². The molecule has 36 heavy (non-hydrogen) atoms. The Balaban J connectivity index is 1.64. The number of hydrogen-bond acceptors (Lipinski definition) is 8. The smallest absolute Gasteiger partial charge is 0.296 e. The van der Waals surface area contributed by atoms with Crippen molar-refractivity contribution in [2.75, 3.05) is 11.5 Å². The van der Waals surface area contributed by atoms with Gasteiger partial charge in [0.1, 0.15) is 12.4 Å². The second kappa shape index (κ2) is 9.50. The van der Waals surface area contributed by atoms with Gasteiger partial charge in [0, 0.05) is 5.02 Å². The normalized spacial score (nSPS) is 15.7. The molecule has 0 saturated heterocycles. The van der Waals surface area contributed by atoms with Gasteiger partial charge < -0.3 is 9.84 Å². The summed E-state index contributed by atoms with van der Waals surface area (Å²) in [5.74, 6) is -1.12. The Morgan fingerprint density at radius 2 is 1.94 bits per heavy atom. The number of aliphatic hydroxyl groups excluding tert-OH is 1. The fourth-order valence-corrected chi connectivity index (χ4v) is 6.25. The van der Waals surface area contributed by atoms with Gasteiger partial charge in [0.05, 0.1) is 37.4 Å². The van der Waals surface area contributed by atoms with Crippen LogP contribution in [-0.4, -0.2) is 33.4 Å². The van der Waals surface area contributed by atoms with Crippen molar-refractivity contribution in [3.05, 3.63) is 92.6 Å². The molecular weight excluding hydrogens is 518 g/mol. The van der Waals surface area contributed by atoms with E-state index in [0.29, 0.717) is 44.2 Å². The van der Waals surface area contributed by atoms with Crippen LogP contribution in [0.5, 0.6) is 5.75 Å². The number of fused-ring (bicyclic) bond motifs is 1. The zero-order chi connectivity index (χ0) is 25.6. The second-order valence-corrected chi connectivity index (χ2v) is 10.7. The summed E-state index contributed by atoms with van der Waals surface area (Å²) < 4.78 is 6.37. The van der Waals surface area contributed by atoms with E-state index >= 15 is 0 Å². The molecule has 10 heteroatoms. The maximum atomic E-state index is 13.7. The van der Waals surface area contributed by atoms with Gasteiger partial charge in [-0.25, -0.2) is 9.97 Å². The number of ether oxygens (including phenoxy) is 1. The first kappa shape index (κ1) is 24.2. The van der Waals surface area contributed by atoms with Crippen molar-refractivity contribution in [3.63, 3.8) is 0 Å². The minimum absolute atomic E-state index is 0.0104. The zero-order valence-corrected chi connectivity index (χ0v) is 21.7. The third kappa shape index (κ3) is 4.19. The number of benzene rings is 2. The number of halogens is 1. The topological polar surface area (TPSA) is 92.6 Å². The molecule has 0 fully saturated rings. The first-order valence-electron chi connectivity index (χ1n) is 10.9. The van der Waals surface area contributed by atoms with Crippen molar-refractivity contribution < 1.29 is 19.4 Å². The van der Waals surface area contributed by atoms with Gasteiger partial charge >= 0.3 is 0 Å². The number of hydrogen-bond donors (Lipinski definition) is 1. The zero-order valence-electron chi connectivity index (χ0n) is 19.3. The van der Waals surface area contributed by atoms with Crippen LogP contribution in [0.3, 0.4) is 0 Å². The van der Waals surface area contributed by atoms with Crippen LogP contribution in [0.2, 0.25) is 5.02 Å². The van der Waals surface area contributed by atoms with Crippen LogP contribution in [0.15, 0.2) is 66.5 Å². The number of carbonyl (C=O) groups is 2. The predicted octanol–water partition coefficient (Wildman–Crippen LogP) is 6.37. The van der Waals surface area contributed by atoms with E-state index < -0.39 is 23.5 Å². The Morgan fingerprint density at radius 1 is 1.19 bits per heavy atom. The van der Waals surface area contributed by atoms with E-state index in [0.717, 1.165) is 9.71 Å². The van der Waals surface area contributed by atoms with Crippen molar-refractivity contribution in [1.82, 2.24) is 9.97 Å². The Hall–Kier alpha value is -3.53. The first-order chi connectivity index (χ1) is 17.3. The predicted molar refractivity (Wildman–Crippen MR) is 143 cm³/mol. The van der Waals surface area contributed by atoms with Gasteiger partial charge in [-0.2, -0.15) is 0 Å². The highest BCUT2D eigenvalue weighted by molar-refractivity contribution is 7.22. The average molecular weight is 538 g/mol. The summed E-state index contributed by atoms with van der Waals surface area (Å²) in [7, 11) is 0. The van der Waals surface area contributed by atoms with Crippen LogP contribution in [0.4, 0.5) is 5.13 Å².